The molecule has 0 aliphatic heterocycles. The molecule has 24 heavy (non-hydrogen) atoms. The summed E-state index contributed by atoms with van der Waals surface area (Å²) in [5, 5.41) is 4.01. The fourth-order valence-corrected chi connectivity index (χ4v) is 3.05. The van der Waals surface area contributed by atoms with Gasteiger partial charge >= 0.3 is 0 Å². The Kier molecular flexibility index (Phi) is 7.57. The highest BCUT2D eigenvalue weighted by Crippen LogP contribution is 2.14. The molecule has 0 aromatic heterocycles. The summed E-state index contributed by atoms with van der Waals surface area (Å²) in [7, 11) is -2.31. The highest BCUT2D eigenvalue weighted by molar-refractivity contribution is 7.89. The van der Waals surface area contributed by atoms with Crippen molar-refractivity contribution in [1.29, 1.82) is 0 Å². The Labute approximate surface area is 145 Å². The van der Waals surface area contributed by atoms with Gasteiger partial charge in [0, 0.05) is 12.8 Å². The highest BCUT2D eigenvalue weighted by atomic mass is 32.2. The van der Waals surface area contributed by atoms with Crippen LogP contribution in [0.3, 0.4) is 0 Å². The molecule has 0 heterocycles. The van der Waals surface area contributed by atoms with Crippen molar-refractivity contribution in [2.75, 3.05) is 13.6 Å². The van der Waals surface area contributed by atoms with Crippen molar-refractivity contribution < 1.29 is 13.2 Å². The Morgan fingerprint density at radius 2 is 1.83 bits per heavy atom. The topological polar surface area (TPSA) is 78.8 Å². The molecule has 0 fully saturated rings. The monoisotopic (exact) mass is 353 g/mol. The highest BCUT2D eigenvalue weighted by Gasteiger charge is 2.22. The second kappa shape index (κ2) is 8.94. The first kappa shape index (κ1) is 20.3. The maximum absolute atomic E-state index is 12.4. The lowest BCUT2D eigenvalue weighted by Crippen LogP contribution is -2.36. The zero-order valence-electron chi connectivity index (χ0n) is 15.0. The van der Waals surface area contributed by atoms with Crippen molar-refractivity contribution in [3.8, 4) is 0 Å². The van der Waals surface area contributed by atoms with Gasteiger partial charge < -0.3 is 0 Å². The second-order valence-corrected chi connectivity index (χ2v) is 8.43. The van der Waals surface area contributed by atoms with E-state index in [-0.39, 0.29) is 11.4 Å². The maximum atomic E-state index is 12.4. The molecule has 0 atom stereocenters. The fourth-order valence-electron chi connectivity index (χ4n) is 1.92. The van der Waals surface area contributed by atoms with Gasteiger partial charge in [-0.2, -0.15) is 9.41 Å². The van der Waals surface area contributed by atoms with Crippen molar-refractivity contribution in [1.82, 2.24) is 9.73 Å². The number of amides is 1. The zero-order valence-corrected chi connectivity index (χ0v) is 15.9. The number of hydrogen-bond acceptors (Lipinski definition) is 4. The third-order valence-electron chi connectivity index (χ3n) is 3.55. The van der Waals surface area contributed by atoms with Crippen molar-refractivity contribution in [3.63, 3.8) is 0 Å². The lowest BCUT2D eigenvalue weighted by Gasteiger charge is -2.16. The number of nitrogens with one attached hydrogen (secondary N) is 1. The Bertz CT molecular complexity index is 680. The molecular weight excluding hydrogens is 326 g/mol. The minimum Gasteiger partial charge on any atom is -0.272 e. The first-order valence-electron chi connectivity index (χ1n) is 7.98. The SMILES string of the molecule is C/C(CCC(C)C)=N/NC(=O)CN(C)S(=O)(=O)c1ccc(C)cc1. The van der Waals surface area contributed by atoms with Gasteiger partial charge in [0.1, 0.15) is 0 Å². The largest absolute Gasteiger partial charge is 0.272 e. The standard InChI is InChI=1S/C17H27N3O3S/c1-13(2)6-9-15(4)18-19-17(21)12-20(5)24(22,23)16-10-7-14(3)8-11-16/h7-8,10-11,13H,6,9,12H2,1-5H3,(H,19,21)/b18-15-. The van der Waals surface area contributed by atoms with E-state index < -0.39 is 15.9 Å². The first-order chi connectivity index (χ1) is 11.1. The molecule has 7 heteroatoms. The van der Waals surface area contributed by atoms with Crippen LogP contribution in [0.2, 0.25) is 0 Å². The third kappa shape index (κ3) is 6.41. The van der Waals surface area contributed by atoms with E-state index in [0.717, 1.165) is 28.4 Å². The molecule has 0 saturated carbocycles. The summed E-state index contributed by atoms with van der Waals surface area (Å²) in [5.74, 6) is 0.105. The van der Waals surface area contributed by atoms with Crippen LogP contribution in [0.4, 0.5) is 0 Å². The number of carbonyl (C=O) groups excluding carboxylic acids is 1. The van der Waals surface area contributed by atoms with E-state index in [0.29, 0.717) is 5.92 Å². The van der Waals surface area contributed by atoms with E-state index in [1.165, 1.54) is 19.2 Å². The Hall–Kier alpha value is -1.73. The van der Waals surface area contributed by atoms with Crippen molar-refractivity contribution in [2.24, 2.45) is 11.0 Å². The molecule has 1 N–H and O–H groups in total. The van der Waals surface area contributed by atoms with Crippen LogP contribution in [0.25, 0.3) is 0 Å². The van der Waals surface area contributed by atoms with Gasteiger partial charge in [0.25, 0.3) is 5.91 Å². The van der Waals surface area contributed by atoms with Crippen molar-refractivity contribution in [3.05, 3.63) is 29.8 Å². The summed E-state index contributed by atoms with van der Waals surface area (Å²) in [4.78, 5) is 12.1. The molecule has 134 valence electrons. The van der Waals surface area contributed by atoms with E-state index in [9.17, 15) is 13.2 Å². The van der Waals surface area contributed by atoms with Crippen molar-refractivity contribution in [2.45, 2.75) is 45.4 Å². The number of carbonyl (C=O) groups is 1. The molecule has 6 nitrogen and oxygen atoms in total. The van der Waals surface area contributed by atoms with E-state index >= 15 is 0 Å². The minimum absolute atomic E-state index is 0.167. The average Bonchev–Trinajstić information content (AvgIpc) is 2.51. The van der Waals surface area contributed by atoms with Crippen LogP contribution in [-0.4, -0.2) is 37.9 Å². The molecular formula is C17H27N3O3S. The molecule has 0 radical (unpaired) electrons. The number of hydrogen-bond donors (Lipinski definition) is 1. The molecule has 1 amide bonds. The summed E-state index contributed by atoms with van der Waals surface area (Å²) in [6.07, 6.45) is 1.79. The summed E-state index contributed by atoms with van der Waals surface area (Å²) >= 11 is 0. The van der Waals surface area contributed by atoms with Gasteiger partial charge in [0.2, 0.25) is 10.0 Å². The van der Waals surface area contributed by atoms with Gasteiger partial charge in [-0.1, -0.05) is 31.5 Å². The number of benzene rings is 1. The van der Waals surface area contributed by atoms with Gasteiger partial charge in [-0.25, -0.2) is 13.8 Å². The van der Waals surface area contributed by atoms with Crippen LogP contribution in [0.1, 0.15) is 39.2 Å². The number of rotatable bonds is 8. The van der Waals surface area contributed by atoms with Gasteiger partial charge in [-0.3, -0.25) is 4.79 Å². The molecule has 0 aliphatic rings. The lowest BCUT2D eigenvalue weighted by atomic mass is 10.1. The smallest absolute Gasteiger partial charge is 0.255 e. The molecule has 0 saturated heterocycles. The minimum atomic E-state index is -3.69. The van der Waals surface area contributed by atoms with Crippen LogP contribution in [0.5, 0.6) is 0 Å². The number of nitrogens with zero attached hydrogens (tertiary/aromatic N) is 2. The summed E-state index contributed by atoms with van der Waals surface area (Å²) in [5.41, 5.74) is 4.21. The maximum Gasteiger partial charge on any atom is 0.255 e. The molecule has 0 spiro atoms. The quantitative estimate of drug-likeness (QED) is 0.576. The van der Waals surface area contributed by atoms with Crippen LogP contribution >= 0.6 is 0 Å². The number of likely N-dealkylation sites (N-methyl/N-ethyl adjacent to an activating group) is 1. The Balaban J connectivity index is 2.63. The fraction of sp³-hybridized carbons (Fsp3) is 0.529. The van der Waals surface area contributed by atoms with Gasteiger partial charge in [0.15, 0.2) is 0 Å². The lowest BCUT2D eigenvalue weighted by molar-refractivity contribution is -0.121. The molecule has 0 unspecified atom stereocenters. The van der Waals surface area contributed by atoms with Crippen LogP contribution in [-0.2, 0) is 14.8 Å². The normalized spacial score (nSPS) is 12.7. The molecule has 0 bridgehead atoms. The second-order valence-electron chi connectivity index (χ2n) is 6.39. The van der Waals surface area contributed by atoms with Crippen LogP contribution in [0, 0.1) is 12.8 Å². The van der Waals surface area contributed by atoms with E-state index in [4.69, 9.17) is 0 Å². The summed E-state index contributed by atoms with van der Waals surface area (Å²) in [6, 6.07) is 6.52. The van der Waals surface area contributed by atoms with Gasteiger partial charge in [-0.05, 0) is 44.7 Å². The van der Waals surface area contributed by atoms with Crippen LogP contribution < -0.4 is 5.43 Å². The van der Waals surface area contributed by atoms with Gasteiger partial charge in [0.05, 0.1) is 11.4 Å². The first-order valence-corrected chi connectivity index (χ1v) is 9.42. The number of hydrazone groups is 1. The average molecular weight is 353 g/mol. The molecule has 1 aromatic carbocycles. The summed E-state index contributed by atoms with van der Waals surface area (Å²) < 4.78 is 25.8. The zero-order chi connectivity index (χ0) is 18.3. The molecule has 1 rings (SSSR count). The predicted molar refractivity (Wildman–Crippen MR) is 96.3 cm³/mol. The predicted octanol–water partition coefficient (Wildman–Crippen LogP) is 2.54. The van der Waals surface area contributed by atoms with Crippen molar-refractivity contribution >= 4 is 21.6 Å². The third-order valence-corrected chi connectivity index (χ3v) is 5.37. The number of aryl methyl sites for hydroxylation is 1. The van der Waals surface area contributed by atoms with Crippen LogP contribution in [0.15, 0.2) is 34.3 Å². The Morgan fingerprint density at radius 3 is 2.38 bits per heavy atom. The molecule has 0 aliphatic carbocycles. The number of sulfonamides is 1. The summed E-state index contributed by atoms with van der Waals surface area (Å²) in [6.45, 7) is 7.69. The Morgan fingerprint density at radius 1 is 1.25 bits per heavy atom. The van der Waals surface area contributed by atoms with E-state index in [2.05, 4.69) is 24.4 Å². The van der Waals surface area contributed by atoms with E-state index in [1.807, 2.05) is 13.8 Å². The van der Waals surface area contributed by atoms with E-state index in [1.54, 1.807) is 12.1 Å². The molecule has 1 aromatic rings. The van der Waals surface area contributed by atoms with Gasteiger partial charge in [-0.15, -0.1) is 0 Å².